The van der Waals surface area contributed by atoms with Crippen molar-refractivity contribution in [3.8, 4) is 0 Å². The largest absolute Gasteiger partial charge is 0.319 e. The van der Waals surface area contributed by atoms with E-state index in [-0.39, 0.29) is 10.6 Å². The number of aryl methyl sites for hydroxylation is 1. The minimum absolute atomic E-state index is 0.117. The Kier molecular flexibility index (Phi) is 4.06. The topological polar surface area (TPSA) is 89.3 Å². The van der Waals surface area contributed by atoms with Gasteiger partial charge >= 0.3 is 0 Å². The molecule has 0 heterocycles. The fourth-order valence-electron chi connectivity index (χ4n) is 1.75. The van der Waals surface area contributed by atoms with E-state index in [0.717, 1.165) is 23.8 Å². The molecule has 0 aliphatic heterocycles. The van der Waals surface area contributed by atoms with Gasteiger partial charge in [-0.1, -0.05) is 17.7 Å². The molecular weight excluding hydrogens is 295 g/mol. The maximum absolute atomic E-state index is 13.8. The van der Waals surface area contributed by atoms with Crippen LogP contribution in [0.4, 0.5) is 10.1 Å². The van der Waals surface area contributed by atoms with Crippen LogP contribution in [0.15, 0.2) is 47.4 Å². The van der Waals surface area contributed by atoms with Gasteiger partial charge in [-0.15, -0.1) is 0 Å². The van der Waals surface area contributed by atoms with Gasteiger partial charge in [0, 0.05) is 5.56 Å². The first-order chi connectivity index (χ1) is 9.77. The maximum atomic E-state index is 13.8. The normalized spacial score (nSPS) is 11.2. The number of hydrogen-bond acceptors (Lipinski definition) is 3. The Labute approximate surface area is 121 Å². The van der Waals surface area contributed by atoms with Gasteiger partial charge in [-0.05, 0) is 37.3 Å². The van der Waals surface area contributed by atoms with Crippen molar-refractivity contribution >= 4 is 21.6 Å². The predicted molar refractivity (Wildman–Crippen MR) is 76.9 cm³/mol. The first kappa shape index (κ1) is 15.1. The Hall–Kier alpha value is -2.25. The lowest BCUT2D eigenvalue weighted by Gasteiger charge is -2.08. The van der Waals surface area contributed by atoms with Gasteiger partial charge < -0.3 is 5.32 Å². The van der Waals surface area contributed by atoms with Gasteiger partial charge in [-0.25, -0.2) is 17.9 Å². The number of primary sulfonamides is 1. The van der Waals surface area contributed by atoms with Gasteiger partial charge in [-0.2, -0.15) is 0 Å². The second kappa shape index (κ2) is 5.63. The number of amides is 1. The zero-order chi connectivity index (χ0) is 15.6. The summed E-state index contributed by atoms with van der Waals surface area (Å²) in [5.41, 5.74) is 1.16. The van der Waals surface area contributed by atoms with Crippen LogP contribution in [0.1, 0.15) is 15.9 Å². The number of nitrogens with two attached hydrogens (primary N) is 1. The quantitative estimate of drug-likeness (QED) is 0.909. The highest BCUT2D eigenvalue weighted by Gasteiger charge is 2.14. The lowest BCUT2D eigenvalue weighted by molar-refractivity contribution is 0.102. The maximum Gasteiger partial charge on any atom is 0.255 e. The molecule has 0 aliphatic rings. The lowest BCUT2D eigenvalue weighted by atomic mass is 10.1. The molecule has 2 rings (SSSR count). The van der Waals surface area contributed by atoms with Crippen molar-refractivity contribution in [1.29, 1.82) is 0 Å². The smallest absolute Gasteiger partial charge is 0.255 e. The highest BCUT2D eigenvalue weighted by Crippen LogP contribution is 2.19. The number of carbonyl (C=O) groups excluding carboxylic acids is 1. The molecule has 0 unspecified atom stereocenters. The van der Waals surface area contributed by atoms with Gasteiger partial charge in [0.05, 0.1) is 10.6 Å². The van der Waals surface area contributed by atoms with Crippen LogP contribution in [0, 0.1) is 12.7 Å². The molecule has 0 radical (unpaired) electrons. The number of carbonyl (C=O) groups is 1. The highest BCUT2D eigenvalue weighted by molar-refractivity contribution is 7.89. The molecular formula is C14H13FN2O3S. The molecule has 110 valence electrons. The summed E-state index contributed by atoms with van der Waals surface area (Å²) in [6, 6.07) is 9.85. The Balaban J connectivity index is 2.26. The van der Waals surface area contributed by atoms with Crippen LogP contribution in [-0.2, 0) is 10.0 Å². The summed E-state index contributed by atoms with van der Waals surface area (Å²) in [7, 11) is -3.98. The van der Waals surface area contributed by atoms with E-state index in [2.05, 4.69) is 5.32 Å². The lowest BCUT2D eigenvalue weighted by Crippen LogP contribution is -2.15. The molecule has 0 bridgehead atoms. The summed E-state index contributed by atoms with van der Waals surface area (Å²) in [5.74, 6) is -1.36. The summed E-state index contributed by atoms with van der Waals surface area (Å²) >= 11 is 0. The molecule has 21 heavy (non-hydrogen) atoms. The molecule has 0 aliphatic carbocycles. The van der Waals surface area contributed by atoms with Gasteiger partial charge in [0.15, 0.2) is 0 Å². The molecule has 2 aromatic rings. The first-order valence-electron chi connectivity index (χ1n) is 5.98. The fourth-order valence-corrected chi connectivity index (χ4v) is 2.28. The van der Waals surface area contributed by atoms with Gasteiger partial charge in [0.1, 0.15) is 5.82 Å². The summed E-state index contributed by atoms with van der Waals surface area (Å²) < 4.78 is 36.0. The van der Waals surface area contributed by atoms with E-state index in [1.54, 1.807) is 18.2 Å². The van der Waals surface area contributed by atoms with Gasteiger partial charge in [0.2, 0.25) is 10.0 Å². The third-order valence-electron chi connectivity index (χ3n) is 2.80. The Morgan fingerprint density at radius 1 is 1.19 bits per heavy atom. The standard InChI is InChI=1S/C14H13FN2O3S/c1-9-3-2-4-10(7-9)14(18)17-13-6-5-11(8-12(13)15)21(16,19)20/h2-8H,1H3,(H,17,18)(H2,16,19,20). The third kappa shape index (κ3) is 3.65. The van der Waals surface area contributed by atoms with Crippen molar-refractivity contribution in [2.45, 2.75) is 11.8 Å². The number of anilines is 1. The van der Waals surface area contributed by atoms with E-state index < -0.39 is 21.7 Å². The van der Waals surface area contributed by atoms with Crippen LogP contribution in [0.5, 0.6) is 0 Å². The Bertz CT molecular complexity index is 804. The molecule has 0 fully saturated rings. The van der Waals surface area contributed by atoms with E-state index in [0.29, 0.717) is 5.56 Å². The fraction of sp³-hybridized carbons (Fsp3) is 0.0714. The Morgan fingerprint density at radius 3 is 2.48 bits per heavy atom. The van der Waals surface area contributed by atoms with E-state index >= 15 is 0 Å². The van der Waals surface area contributed by atoms with Crippen LogP contribution >= 0.6 is 0 Å². The number of benzene rings is 2. The molecule has 1 amide bonds. The minimum Gasteiger partial charge on any atom is -0.319 e. The van der Waals surface area contributed by atoms with E-state index in [1.807, 2.05) is 13.0 Å². The molecule has 3 N–H and O–H groups in total. The minimum atomic E-state index is -3.98. The summed E-state index contributed by atoms with van der Waals surface area (Å²) in [6.45, 7) is 1.83. The summed E-state index contributed by atoms with van der Waals surface area (Å²) in [6.07, 6.45) is 0. The van der Waals surface area contributed by atoms with E-state index in [4.69, 9.17) is 5.14 Å². The Morgan fingerprint density at radius 2 is 1.90 bits per heavy atom. The molecule has 5 nitrogen and oxygen atoms in total. The SMILES string of the molecule is Cc1cccc(C(=O)Nc2ccc(S(N)(=O)=O)cc2F)c1. The number of sulfonamides is 1. The van der Waals surface area contributed by atoms with Crippen molar-refractivity contribution in [2.75, 3.05) is 5.32 Å². The molecule has 0 spiro atoms. The zero-order valence-corrected chi connectivity index (χ0v) is 11.9. The average molecular weight is 308 g/mol. The highest BCUT2D eigenvalue weighted by atomic mass is 32.2. The monoisotopic (exact) mass is 308 g/mol. The van der Waals surface area contributed by atoms with Gasteiger partial charge in [0.25, 0.3) is 5.91 Å². The van der Waals surface area contributed by atoms with Crippen LogP contribution in [0.25, 0.3) is 0 Å². The zero-order valence-electron chi connectivity index (χ0n) is 11.1. The van der Waals surface area contributed by atoms with Crippen molar-refractivity contribution in [1.82, 2.24) is 0 Å². The van der Waals surface area contributed by atoms with Crippen LogP contribution < -0.4 is 10.5 Å². The predicted octanol–water partition coefficient (Wildman–Crippen LogP) is 2.03. The summed E-state index contributed by atoms with van der Waals surface area (Å²) in [4.78, 5) is 11.6. The van der Waals surface area contributed by atoms with E-state index in [1.165, 1.54) is 0 Å². The van der Waals surface area contributed by atoms with Crippen molar-refractivity contribution in [3.05, 3.63) is 59.4 Å². The number of nitrogens with one attached hydrogen (secondary N) is 1. The molecule has 7 heteroatoms. The van der Waals surface area contributed by atoms with Crippen molar-refractivity contribution in [3.63, 3.8) is 0 Å². The van der Waals surface area contributed by atoms with Crippen LogP contribution in [0.3, 0.4) is 0 Å². The molecule has 0 atom stereocenters. The molecule has 0 saturated carbocycles. The van der Waals surface area contributed by atoms with Crippen LogP contribution in [0.2, 0.25) is 0 Å². The van der Waals surface area contributed by atoms with Crippen LogP contribution in [-0.4, -0.2) is 14.3 Å². The average Bonchev–Trinajstić information content (AvgIpc) is 2.39. The summed E-state index contributed by atoms with van der Waals surface area (Å²) in [5, 5.41) is 7.29. The first-order valence-corrected chi connectivity index (χ1v) is 7.52. The molecule has 0 saturated heterocycles. The van der Waals surface area contributed by atoms with Crippen molar-refractivity contribution in [2.24, 2.45) is 5.14 Å². The molecule has 0 aromatic heterocycles. The third-order valence-corrected chi connectivity index (χ3v) is 3.71. The number of rotatable bonds is 3. The number of hydrogen-bond donors (Lipinski definition) is 2. The van der Waals surface area contributed by atoms with E-state index in [9.17, 15) is 17.6 Å². The molecule has 2 aromatic carbocycles. The second-order valence-electron chi connectivity index (χ2n) is 4.51. The number of halogens is 1. The van der Waals surface area contributed by atoms with Crippen molar-refractivity contribution < 1.29 is 17.6 Å². The van der Waals surface area contributed by atoms with Gasteiger partial charge in [-0.3, -0.25) is 4.79 Å². The second-order valence-corrected chi connectivity index (χ2v) is 6.07.